The normalized spacial score (nSPS) is 17.4. The molecule has 1 fully saturated rings. The fraction of sp³-hybridized carbons (Fsp3) is 0.413. The molecule has 1 aliphatic carbocycles. The topological polar surface area (TPSA) is 269 Å². The van der Waals surface area contributed by atoms with Crippen LogP contribution in [0, 0.1) is 0 Å². The number of fused-ring (bicyclic) bond motifs is 1. The maximum atomic E-state index is 14.6. The van der Waals surface area contributed by atoms with Gasteiger partial charge in [0.25, 0.3) is 0 Å². The number of carbonyl (C=O) groups excluding carboxylic acids is 6. The van der Waals surface area contributed by atoms with Crippen LogP contribution in [0.25, 0.3) is 10.9 Å². The van der Waals surface area contributed by atoms with Gasteiger partial charge in [0.2, 0.25) is 35.4 Å². The highest BCUT2D eigenvalue weighted by Crippen LogP contribution is 2.38. The van der Waals surface area contributed by atoms with E-state index in [1.165, 1.54) is 5.56 Å². The molecule has 3 atom stereocenters. The number of nitrogens with two attached hydrogens (primary N) is 3. The second-order valence-corrected chi connectivity index (χ2v) is 15.9. The summed E-state index contributed by atoms with van der Waals surface area (Å²) >= 11 is 0. The van der Waals surface area contributed by atoms with E-state index in [1.807, 2.05) is 79.7 Å². The van der Waals surface area contributed by atoms with Crippen LogP contribution in [0.5, 0.6) is 0 Å². The van der Waals surface area contributed by atoms with E-state index in [0.29, 0.717) is 32.1 Å². The van der Waals surface area contributed by atoms with Crippen LogP contribution < -0.4 is 43.8 Å². The molecule has 3 unspecified atom stereocenters. The van der Waals surface area contributed by atoms with Gasteiger partial charge in [-0.1, -0.05) is 85.8 Å². The van der Waals surface area contributed by atoms with Gasteiger partial charge in [0, 0.05) is 55.9 Å². The van der Waals surface area contributed by atoms with Gasteiger partial charge >= 0.3 is 0 Å². The highest BCUT2D eigenvalue weighted by atomic mass is 16.2. The number of hydrogen-bond donors (Lipinski definition) is 9. The zero-order valence-corrected chi connectivity index (χ0v) is 35.3. The number of para-hydroxylation sites is 1. The zero-order valence-electron chi connectivity index (χ0n) is 35.3. The maximum absolute atomic E-state index is 14.6. The number of aromatic amines is 1. The van der Waals surface area contributed by atoms with Crippen LogP contribution in [0.3, 0.4) is 0 Å². The molecule has 0 bridgehead atoms. The molecule has 16 heteroatoms. The van der Waals surface area contributed by atoms with E-state index in [1.54, 1.807) is 6.20 Å². The molecule has 4 aromatic rings. The smallest absolute Gasteiger partial charge is 0.246 e. The summed E-state index contributed by atoms with van der Waals surface area (Å²) in [5.41, 5.74) is 18.7. The summed E-state index contributed by atoms with van der Waals surface area (Å²) in [5, 5.41) is 15.3. The molecule has 16 nitrogen and oxygen atoms in total. The lowest BCUT2D eigenvalue weighted by Crippen LogP contribution is -2.64. The summed E-state index contributed by atoms with van der Waals surface area (Å²) in [6.07, 6.45) is 5.03. The van der Waals surface area contributed by atoms with Crippen molar-refractivity contribution in [2.24, 2.45) is 22.2 Å². The highest BCUT2D eigenvalue weighted by molar-refractivity contribution is 5.97. The molecule has 0 radical (unpaired) electrons. The fourth-order valence-electron chi connectivity index (χ4n) is 7.97. The Kier molecular flexibility index (Phi) is 17.0. The van der Waals surface area contributed by atoms with Gasteiger partial charge in [-0.3, -0.25) is 33.8 Å². The Morgan fingerprint density at radius 3 is 2.06 bits per heavy atom. The summed E-state index contributed by atoms with van der Waals surface area (Å²) in [4.78, 5) is 88.9. The number of guanidine groups is 1. The lowest BCUT2D eigenvalue weighted by molar-refractivity contribution is -0.138. The van der Waals surface area contributed by atoms with Gasteiger partial charge in [-0.15, -0.1) is 0 Å². The number of nitrogens with zero attached hydrogens (tertiary/aromatic N) is 1. The Hall–Kier alpha value is -6.71. The molecule has 1 aliphatic rings. The van der Waals surface area contributed by atoms with Crippen molar-refractivity contribution >= 4 is 52.3 Å². The first-order chi connectivity index (χ1) is 29.9. The number of primary amides is 1. The zero-order chi connectivity index (χ0) is 44.5. The average Bonchev–Trinajstić information content (AvgIpc) is 3.67. The van der Waals surface area contributed by atoms with E-state index in [9.17, 15) is 28.8 Å². The Labute approximate surface area is 362 Å². The summed E-state index contributed by atoms with van der Waals surface area (Å²) in [6.45, 7) is 2.01. The molecular weight excluding hydrogens is 789 g/mol. The van der Waals surface area contributed by atoms with E-state index in [-0.39, 0.29) is 69.4 Å². The largest absolute Gasteiger partial charge is 0.370 e. The van der Waals surface area contributed by atoms with E-state index in [2.05, 4.69) is 48.7 Å². The second kappa shape index (κ2) is 22.8. The van der Waals surface area contributed by atoms with Crippen molar-refractivity contribution < 1.29 is 28.8 Å². The van der Waals surface area contributed by atoms with Crippen molar-refractivity contribution in [3.05, 3.63) is 108 Å². The number of rotatable bonds is 22. The molecule has 1 aromatic heterocycles. The van der Waals surface area contributed by atoms with Gasteiger partial charge in [0.05, 0.1) is 0 Å². The number of nitrogens with one attached hydrogen (secondary N) is 6. The van der Waals surface area contributed by atoms with E-state index in [0.717, 1.165) is 22.0 Å². The standard InChI is InChI=1S/C46H60N10O6/c1-2-12-40(58)56-46(23-20-32(21-24-46)31-15-7-4-8-16-31)44(62)55-37(27-30-13-5-3-6-14-30)43(61)53-36(19-11-25-51-45(48)49)42(60)54-38(41(59)50-26-22-39(47)57)28-33-29-52-35-18-10-9-17-34(33)35/h3-10,13-18,29,32,36-38,52H,2,11-12,19-28H2,1H3,(H2,47,57)(H,50,59)(H,53,61)(H,54,60)(H,55,62)(H,56,58)(H4,48,49,51). The Morgan fingerprint density at radius 2 is 1.39 bits per heavy atom. The monoisotopic (exact) mass is 848 g/mol. The SMILES string of the molecule is CCCC(=O)NC1(C(=O)NC(Cc2ccccc2)C(=O)NC(CCCN=C(N)N)C(=O)NC(Cc2c[nH]c3ccccc23)C(=O)NCCC(N)=O)CCC(c2ccccc2)CC1. The predicted octanol–water partition coefficient (Wildman–Crippen LogP) is 2.47. The van der Waals surface area contributed by atoms with Crippen LogP contribution in [-0.2, 0) is 41.6 Å². The molecule has 330 valence electrons. The van der Waals surface area contributed by atoms with Crippen LogP contribution in [0.4, 0.5) is 0 Å². The lowest BCUT2D eigenvalue weighted by atomic mass is 9.73. The highest BCUT2D eigenvalue weighted by Gasteiger charge is 2.44. The third kappa shape index (κ3) is 13.4. The van der Waals surface area contributed by atoms with E-state index >= 15 is 0 Å². The van der Waals surface area contributed by atoms with Gasteiger partial charge in [-0.2, -0.15) is 0 Å². The van der Waals surface area contributed by atoms with Crippen LogP contribution >= 0.6 is 0 Å². The molecule has 5 rings (SSSR count). The summed E-state index contributed by atoms with van der Waals surface area (Å²) in [6, 6.07) is 23.3. The van der Waals surface area contributed by atoms with E-state index in [4.69, 9.17) is 17.2 Å². The molecule has 12 N–H and O–H groups in total. The summed E-state index contributed by atoms with van der Waals surface area (Å²) in [7, 11) is 0. The van der Waals surface area contributed by atoms with Gasteiger partial charge in [-0.05, 0) is 73.6 Å². The van der Waals surface area contributed by atoms with Gasteiger partial charge < -0.3 is 48.8 Å². The Balaban J connectivity index is 1.41. The Morgan fingerprint density at radius 1 is 0.758 bits per heavy atom. The van der Waals surface area contributed by atoms with Crippen LogP contribution in [0.1, 0.15) is 87.3 Å². The minimum absolute atomic E-state index is 0.0404. The maximum Gasteiger partial charge on any atom is 0.246 e. The molecule has 1 saturated carbocycles. The second-order valence-electron chi connectivity index (χ2n) is 15.9. The molecule has 0 aliphatic heterocycles. The van der Waals surface area contributed by atoms with Crippen molar-refractivity contribution in [2.75, 3.05) is 13.1 Å². The number of aliphatic imine (C=N–C) groups is 1. The molecular formula is C46H60N10O6. The fourth-order valence-corrected chi connectivity index (χ4v) is 7.97. The number of aromatic nitrogens is 1. The molecule has 1 heterocycles. The van der Waals surface area contributed by atoms with Gasteiger partial charge in [-0.25, -0.2) is 0 Å². The average molecular weight is 849 g/mol. The number of benzene rings is 3. The predicted molar refractivity (Wildman–Crippen MR) is 238 cm³/mol. The molecule has 0 saturated heterocycles. The minimum atomic E-state index is -1.26. The lowest BCUT2D eigenvalue weighted by Gasteiger charge is -2.40. The molecule has 0 spiro atoms. The van der Waals surface area contributed by atoms with Crippen LogP contribution in [-0.4, -0.2) is 83.1 Å². The van der Waals surface area contributed by atoms with Crippen LogP contribution in [0.15, 0.2) is 96.1 Å². The number of hydrogen-bond acceptors (Lipinski definition) is 7. The third-order valence-corrected chi connectivity index (χ3v) is 11.3. The first-order valence-corrected chi connectivity index (χ1v) is 21.4. The molecule has 3 aromatic carbocycles. The van der Waals surface area contributed by atoms with Crippen molar-refractivity contribution in [1.29, 1.82) is 0 Å². The number of carbonyl (C=O) groups is 6. The van der Waals surface area contributed by atoms with E-state index < -0.39 is 53.2 Å². The quantitative estimate of drug-likeness (QED) is 0.0321. The van der Waals surface area contributed by atoms with Crippen molar-refractivity contribution in [3.63, 3.8) is 0 Å². The summed E-state index contributed by atoms with van der Waals surface area (Å²) < 4.78 is 0. The van der Waals surface area contributed by atoms with Gasteiger partial charge in [0.1, 0.15) is 23.7 Å². The minimum Gasteiger partial charge on any atom is -0.370 e. The van der Waals surface area contributed by atoms with Crippen molar-refractivity contribution in [1.82, 2.24) is 31.6 Å². The number of amides is 6. The first kappa shape index (κ1) is 46.4. The van der Waals surface area contributed by atoms with Crippen molar-refractivity contribution in [3.8, 4) is 0 Å². The number of H-pyrrole nitrogens is 1. The van der Waals surface area contributed by atoms with Crippen molar-refractivity contribution in [2.45, 2.75) is 107 Å². The van der Waals surface area contributed by atoms with Crippen LogP contribution in [0.2, 0.25) is 0 Å². The molecule has 62 heavy (non-hydrogen) atoms. The molecule has 6 amide bonds. The van der Waals surface area contributed by atoms with Gasteiger partial charge in [0.15, 0.2) is 5.96 Å². The third-order valence-electron chi connectivity index (χ3n) is 11.3. The first-order valence-electron chi connectivity index (χ1n) is 21.4. The summed E-state index contributed by atoms with van der Waals surface area (Å²) in [5.74, 6) is -3.12. The Bertz CT molecular complexity index is 2160.